The Hall–Kier alpha value is -1.78. The van der Waals surface area contributed by atoms with Crippen LogP contribution in [0.1, 0.15) is 29.8 Å². The lowest BCUT2D eigenvalue weighted by molar-refractivity contribution is -0.120. The predicted octanol–water partition coefficient (Wildman–Crippen LogP) is 2.23. The van der Waals surface area contributed by atoms with Gasteiger partial charge in [-0.15, -0.1) is 0 Å². The molecule has 1 N–H and O–H groups in total. The van der Waals surface area contributed by atoms with Crippen molar-refractivity contribution >= 4 is 11.7 Å². The highest BCUT2D eigenvalue weighted by Gasteiger charge is 2.19. The monoisotopic (exact) mass is 255 g/mol. The van der Waals surface area contributed by atoms with Gasteiger partial charge < -0.3 is 5.32 Å². The van der Waals surface area contributed by atoms with Crippen LogP contribution in [0.4, 0.5) is 8.78 Å². The van der Waals surface area contributed by atoms with Gasteiger partial charge in [-0.05, 0) is 18.6 Å². The zero-order valence-electron chi connectivity index (χ0n) is 10.5. The number of carbonyl (C=O) groups is 2. The molecule has 1 aromatic carbocycles. The van der Waals surface area contributed by atoms with Crippen LogP contribution in [0.3, 0.4) is 0 Å². The first-order valence-electron chi connectivity index (χ1n) is 5.60. The molecule has 0 aliphatic heterocycles. The number of hydrogen-bond donors (Lipinski definition) is 1. The Labute approximate surface area is 104 Å². The van der Waals surface area contributed by atoms with E-state index in [4.69, 9.17) is 0 Å². The summed E-state index contributed by atoms with van der Waals surface area (Å²) in [6.45, 7) is 4.57. The van der Waals surface area contributed by atoms with Gasteiger partial charge >= 0.3 is 0 Å². The second-order valence-corrected chi connectivity index (χ2v) is 4.36. The minimum atomic E-state index is -0.937. The van der Waals surface area contributed by atoms with Gasteiger partial charge in [-0.2, -0.15) is 0 Å². The van der Waals surface area contributed by atoms with Crippen molar-refractivity contribution in [2.45, 2.75) is 20.8 Å². The van der Waals surface area contributed by atoms with E-state index in [1.807, 2.05) is 0 Å². The summed E-state index contributed by atoms with van der Waals surface area (Å²) in [5, 5.41) is 2.22. The first-order chi connectivity index (χ1) is 8.34. The van der Waals surface area contributed by atoms with Gasteiger partial charge in [0.25, 0.3) is 5.91 Å². The topological polar surface area (TPSA) is 46.2 Å². The van der Waals surface area contributed by atoms with E-state index < -0.39 is 23.1 Å². The zero-order chi connectivity index (χ0) is 13.9. The molecule has 1 aromatic rings. The van der Waals surface area contributed by atoms with Gasteiger partial charge in [0.1, 0.15) is 17.2 Å². The molecule has 0 aromatic heterocycles. The van der Waals surface area contributed by atoms with Crippen molar-refractivity contribution in [1.82, 2.24) is 5.32 Å². The minimum Gasteiger partial charge on any atom is -0.345 e. The second kappa shape index (κ2) is 5.71. The molecule has 98 valence electrons. The summed E-state index contributed by atoms with van der Waals surface area (Å²) in [5.74, 6) is -3.19. The Morgan fingerprint density at radius 3 is 2.44 bits per heavy atom. The molecule has 3 nitrogen and oxygen atoms in total. The highest BCUT2D eigenvalue weighted by Crippen LogP contribution is 2.16. The number of carbonyl (C=O) groups excluding carboxylic acids is 2. The number of ketones is 1. The van der Waals surface area contributed by atoms with Crippen molar-refractivity contribution in [3.05, 3.63) is 34.9 Å². The van der Waals surface area contributed by atoms with E-state index in [1.165, 1.54) is 13.0 Å². The Kier molecular flexibility index (Phi) is 4.53. The molecule has 5 heteroatoms. The van der Waals surface area contributed by atoms with E-state index in [-0.39, 0.29) is 23.8 Å². The molecule has 0 unspecified atom stereocenters. The van der Waals surface area contributed by atoms with Crippen molar-refractivity contribution in [2.24, 2.45) is 5.92 Å². The van der Waals surface area contributed by atoms with E-state index in [0.717, 1.165) is 6.07 Å². The number of nitrogens with one attached hydrogen (secondary N) is 1. The fraction of sp³-hybridized carbons (Fsp3) is 0.385. The van der Waals surface area contributed by atoms with Crippen LogP contribution in [0.5, 0.6) is 0 Å². The standard InChI is InChI=1S/C13H15F2NO2/c1-7(2)10(17)6-16-13(18)11-9(14)5-4-8(3)12(11)15/h4-5,7H,6H2,1-3H3,(H,16,18). The van der Waals surface area contributed by atoms with Crippen LogP contribution >= 0.6 is 0 Å². The van der Waals surface area contributed by atoms with E-state index in [1.54, 1.807) is 13.8 Å². The van der Waals surface area contributed by atoms with Gasteiger partial charge in [-0.1, -0.05) is 19.9 Å². The number of rotatable bonds is 4. The third kappa shape index (κ3) is 3.12. The summed E-state index contributed by atoms with van der Waals surface area (Å²) in [5.41, 5.74) is -0.469. The van der Waals surface area contributed by atoms with Crippen molar-refractivity contribution in [3.8, 4) is 0 Å². The lowest BCUT2D eigenvalue weighted by atomic mass is 10.1. The Morgan fingerprint density at radius 1 is 1.28 bits per heavy atom. The summed E-state index contributed by atoms with van der Waals surface area (Å²) in [6.07, 6.45) is 0. The van der Waals surface area contributed by atoms with Gasteiger partial charge in [0, 0.05) is 5.92 Å². The molecule has 0 atom stereocenters. The predicted molar refractivity (Wildman–Crippen MR) is 63.3 cm³/mol. The van der Waals surface area contributed by atoms with E-state index in [9.17, 15) is 18.4 Å². The molecule has 0 saturated carbocycles. The highest BCUT2D eigenvalue weighted by atomic mass is 19.1. The number of halogens is 2. The summed E-state index contributed by atoms with van der Waals surface area (Å²) in [7, 11) is 0. The maximum absolute atomic E-state index is 13.6. The number of benzene rings is 1. The first-order valence-corrected chi connectivity index (χ1v) is 5.60. The van der Waals surface area contributed by atoms with Crippen molar-refractivity contribution in [1.29, 1.82) is 0 Å². The molecule has 0 radical (unpaired) electrons. The van der Waals surface area contributed by atoms with E-state index in [0.29, 0.717) is 0 Å². The van der Waals surface area contributed by atoms with Crippen molar-refractivity contribution in [3.63, 3.8) is 0 Å². The lowest BCUT2D eigenvalue weighted by Crippen LogP contribution is -2.32. The van der Waals surface area contributed by atoms with E-state index in [2.05, 4.69) is 5.32 Å². The molecule has 0 spiro atoms. The lowest BCUT2D eigenvalue weighted by Gasteiger charge is -2.09. The fourth-order valence-corrected chi connectivity index (χ4v) is 1.32. The normalized spacial score (nSPS) is 10.6. The average molecular weight is 255 g/mol. The molecule has 1 amide bonds. The maximum Gasteiger partial charge on any atom is 0.257 e. The molecular formula is C13H15F2NO2. The smallest absolute Gasteiger partial charge is 0.257 e. The summed E-state index contributed by atoms with van der Waals surface area (Å²) >= 11 is 0. The molecule has 18 heavy (non-hydrogen) atoms. The fourth-order valence-electron chi connectivity index (χ4n) is 1.32. The van der Waals surface area contributed by atoms with Gasteiger partial charge in [-0.3, -0.25) is 9.59 Å². The summed E-state index contributed by atoms with van der Waals surface area (Å²) < 4.78 is 27.0. The molecule has 0 saturated heterocycles. The van der Waals surface area contributed by atoms with Crippen molar-refractivity contribution in [2.75, 3.05) is 6.54 Å². The Morgan fingerprint density at radius 2 is 1.89 bits per heavy atom. The van der Waals surface area contributed by atoms with Gasteiger partial charge in [0.05, 0.1) is 6.54 Å². The SMILES string of the molecule is Cc1ccc(F)c(C(=O)NCC(=O)C(C)C)c1F. The molecule has 1 rings (SSSR count). The molecule has 0 aliphatic rings. The van der Waals surface area contributed by atoms with Gasteiger partial charge in [-0.25, -0.2) is 8.78 Å². The molecular weight excluding hydrogens is 240 g/mol. The van der Waals surface area contributed by atoms with Crippen LogP contribution in [0.15, 0.2) is 12.1 Å². The Balaban J connectivity index is 2.86. The van der Waals surface area contributed by atoms with Crippen LogP contribution in [-0.4, -0.2) is 18.2 Å². The Bertz CT molecular complexity index is 484. The molecule has 0 heterocycles. The zero-order valence-corrected chi connectivity index (χ0v) is 10.5. The third-order valence-electron chi connectivity index (χ3n) is 2.58. The van der Waals surface area contributed by atoms with Crippen LogP contribution in [0.25, 0.3) is 0 Å². The number of hydrogen-bond acceptors (Lipinski definition) is 2. The van der Waals surface area contributed by atoms with Crippen LogP contribution in [0.2, 0.25) is 0 Å². The minimum absolute atomic E-state index is 0.178. The quantitative estimate of drug-likeness (QED) is 0.896. The van der Waals surface area contributed by atoms with Gasteiger partial charge in [0.2, 0.25) is 0 Å². The number of aryl methyl sites for hydroxylation is 1. The average Bonchev–Trinajstić information content (AvgIpc) is 2.31. The largest absolute Gasteiger partial charge is 0.345 e. The van der Waals surface area contributed by atoms with E-state index >= 15 is 0 Å². The van der Waals surface area contributed by atoms with Crippen molar-refractivity contribution < 1.29 is 18.4 Å². The van der Waals surface area contributed by atoms with Crippen LogP contribution < -0.4 is 5.32 Å². The molecule has 0 aliphatic carbocycles. The number of amides is 1. The maximum atomic E-state index is 13.6. The summed E-state index contributed by atoms with van der Waals surface area (Å²) in [4.78, 5) is 22.9. The van der Waals surface area contributed by atoms with Crippen LogP contribution in [-0.2, 0) is 4.79 Å². The highest BCUT2D eigenvalue weighted by molar-refractivity contribution is 5.97. The molecule has 0 fully saturated rings. The first kappa shape index (κ1) is 14.3. The van der Waals surface area contributed by atoms with Gasteiger partial charge in [0.15, 0.2) is 5.78 Å². The van der Waals surface area contributed by atoms with Crippen LogP contribution in [0, 0.1) is 24.5 Å². The third-order valence-corrected chi connectivity index (χ3v) is 2.58. The second-order valence-electron chi connectivity index (χ2n) is 4.36. The number of Topliss-reactive ketones (excluding diaryl/α,β-unsaturated/α-hetero) is 1. The molecule has 0 bridgehead atoms. The summed E-state index contributed by atoms with van der Waals surface area (Å²) in [6, 6.07) is 2.28.